The molecule has 1 nitrogen and oxygen atoms in total. The molecule has 2 heteroatoms. The van der Waals surface area contributed by atoms with Crippen molar-refractivity contribution < 1.29 is 0 Å². The first kappa shape index (κ1) is 17.8. The number of anilines is 3. The normalized spacial score (nSPS) is 10.8. The number of rotatable bonds is 3. The van der Waals surface area contributed by atoms with E-state index in [2.05, 4.69) is 110 Å². The van der Waals surface area contributed by atoms with Gasteiger partial charge in [0, 0.05) is 15.8 Å². The van der Waals surface area contributed by atoms with Crippen LogP contribution in [0.15, 0.2) is 59.1 Å². The monoisotopic (exact) mass is 393 g/mol. The highest BCUT2D eigenvalue weighted by Gasteiger charge is 2.18. The third-order valence-electron chi connectivity index (χ3n) is 4.54. The van der Waals surface area contributed by atoms with Crippen molar-refractivity contribution in [2.75, 3.05) is 4.90 Å². The Bertz CT molecular complexity index is 887. The van der Waals surface area contributed by atoms with Crippen LogP contribution in [-0.2, 0) is 0 Å². The molecule has 3 aromatic carbocycles. The molecule has 0 aliphatic rings. The van der Waals surface area contributed by atoms with E-state index in [1.807, 2.05) is 0 Å². The minimum absolute atomic E-state index is 1.09. The topological polar surface area (TPSA) is 3.24 Å². The lowest BCUT2D eigenvalue weighted by molar-refractivity contribution is 1.18. The zero-order valence-electron chi connectivity index (χ0n) is 15.5. The van der Waals surface area contributed by atoms with Crippen molar-refractivity contribution in [2.45, 2.75) is 34.6 Å². The number of aryl methyl sites for hydroxylation is 5. The van der Waals surface area contributed by atoms with Crippen LogP contribution in [0.3, 0.4) is 0 Å². The third-order valence-corrected chi connectivity index (χ3v) is 5.07. The first-order chi connectivity index (χ1) is 11.9. The molecule has 0 aliphatic heterocycles. The molecular formula is C23H24BrN. The van der Waals surface area contributed by atoms with Gasteiger partial charge in [0.2, 0.25) is 0 Å². The van der Waals surface area contributed by atoms with E-state index in [4.69, 9.17) is 0 Å². The number of hydrogen-bond donors (Lipinski definition) is 0. The summed E-state index contributed by atoms with van der Waals surface area (Å²) in [6.45, 7) is 10.9. The largest absolute Gasteiger partial charge is 0.310 e. The number of benzene rings is 3. The molecule has 0 atom stereocenters. The van der Waals surface area contributed by atoms with E-state index in [9.17, 15) is 0 Å². The second kappa shape index (κ2) is 7.05. The van der Waals surface area contributed by atoms with E-state index in [0.29, 0.717) is 0 Å². The fraction of sp³-hybridized carbons (Fsp3) is 0.217. The fourth-order valence-corrected chi connectivity index (χ4v) is 3.82. The molecule has 0 saturated heterocycles. The molecule has 0 saturated carbocycles. The van der Waals surface area contributed by atoms with Gasteiger partial charge in [0.1, 0.15) is 0 Å². The Labute approximate surface area is 159 Å². The van der Waals surface area contributed by atoms with Crippen molar-refractivity contribution >= 4 is 33.0 Å². The van der Waals surface area contributed by atoms with Gasteiger partial charge in [-0.25, -0.2) is 0 Å². The molecule has 3 aromatic rings. The van der Waals surface area contributed by atoms with Crippen molar-refractivity contribution in [3.63, 3.8) is 0 Å². The van der Waals surface area contributed by atoms with Gasteiger partial charge in [0.25, 0.3) is 0 Å². The van der Waals surface area contributed by atoms with Gasteiger partial charge in [0.15, 0.2) is 0 Å². The van der Waals surface area contributed by atoms with Crippen LogP contribution in [0, 0.1) is 34.6 Å². The Kier molecular flexibility index (Phi) is 5.01. The van der Waals surface area contributed by atoms with Crippen LogP contribution in [0.1, 0.15) is 27.8 Å². The smallest absolute Gasteiger partial charge is 0.0520 e. The number of nitrogens with zero attached hydrogens (tertiary/aromatic N) is 1. The Balaban J connectivity index is 2.28. The van der Waals surface area contributed by atoms with E-state index >= 15 is 0 Å². The zero-order valence-corrected chi connectivity index (χ0v) is 17.1. The second-order valence-corrected chi connectivity index (χ2v) is 7.76. The number of hydrogen-bond acceptors (Lipinski definition) is 1. The minimum atomic E-state index is 1.09. The quantitative estimate of drug-likeness (QED) is 0.446. The van der Waals surface area contributed by atoms with E-state index in [1.54, 1.807) is 0 Å². The molecule has 0 unspecified atom stereocenters. The first-order valence-corrected chi connectivity index (χ1v) is 9.37. The molecule has 0 fully saturated rings. The molecule has 0 radical (unpaired) electrons. The third kappa shape index (κ3) is 3.64. The predicted octanol–water partition coefficient (Wildman–Crippen LogP) is 7.46. The Morgan fingerprint density at radius 1 is 0.640 bits per heavy atom. The minimum Gasteiger partial charge on any atom is -0.310 e. The van der Waals surface area contributed by atoms with Crippen LogP contribution in [0.5, 0.6) is 0 Å². The van der Waals surface area contributed by atoms with Crippen LogP contribution in [0.4, 0.5) is 17.1 Å². The SMILES string of the molecule is Cc1ccc(N(c2ccc(Br)cc2)c2c(C)cc(C)cc2C)c(C)c1. The lowest BCUT2D eigenvalue weighted by Gasteiger charge is -2.30. The molecule has 0 amide bonds. The molecule has 0 aromatic heterocycles. The summed E-state index contributed by atoms with van der Waals surface area (Å²) in [6, 6.07) is 19.7. The molecule has 0 aliphatic carbocycles. The molecule has 128 valence electrons. The lowest BCUT2D eigenvalue weighted by Crippen LogP contribution is -2.14. The standard InChI is InChI=1S/C23H24BrN/c1-15-6-11-22(17(3)12-15)25(21-9-7-20(24)8-10-21)23-18(4)13-16(2)14-19(23)5/h6-14H,1-5H3. The summed E-state index contributed by atoms with van der Waals surface area (Å²) in [7, 11) is 0. The fourth-order valence-electron chi connectivity index (χ4n) is 3.56. The predicted molar refractivity (Wildman–Crippen MR) is 113 cm³/mol. The van der Waals surface area contributed by atoms with Gasteiger partial charge < -0.3 is 4.90 Å². The molecule has 3 rings (SSSR count). The summed E-state index contributed by atoms with van der Waals surface area (Å²) in [5, 5.41) is 0. The lowest BCUT2D eigenvalue weighted by atomic mass is 10.0. The van der Waals surface area contributed by atoms with E-state index < -0.39 is 0 Å². The van der Waals surface area contributed by atoms with E-state index in [0.717, 1.165) is 4.47 Å². The van der Waals surface area contributed by atoms with Crippen LogP contribution in [0.2, 0.25) is 0 Å². The van der Waals surface area contributed by atoms with Gasteiger partial charge in [-0.1, -0.05) is 51.3 Å². The maximum absolute atomic E-state index is 3.55. The number of halogens is 1. The first-order valence-electron chi connectivity index (χ1n) is 8.57. The highest BCUT2D eigenvalue weighted by Crippen LogP contribution is 2.40. The summed E-state index contributed by atoms with van der Waals surface area (Å²) < 4.78 is 1.09. The van der Waals surface area contributed by atoms with Crippen molar-refractivity contribution in [2.24, 2.45) is 0 Å². The Morgan fingerprint density at radius 3 is 1.76 bits per heavy atom. The molecule has 25 heavy (non-hydrogen) atoms. The summed E-state index contributed by atoms with van der Waals surface area (Å²) in [6.07, 6.45) is 0. The van der Waals surface area contributed by atoms with Gasteiger partial charge in [-0.05, 0) is 81.6 Å². The van der Waals surface area contributed by atoms with Crippen LogP contribution in [-0.4, -0.2) is 0 Å². The summed E-state index contributed by atoms with van der Waals surface area (Å²) in [5.41, 5.74) is 10.1. The van der Waals surface area contributed by atoms with Crippen molar-refractivity contribution in [1.82, 2.24) is 0 Å². The zero-order chi connectivity index (χ0) is 18.1. The van der Waals surface area contributed by atoms with E-state index in [-0.39, 0.29) is 0 Å². The van der Waals surface area contributed by atoms with E-state index in [1.165, 1.54) is 44.9 Å². The van der Waals surface area contributed by atoms with Gasteiger partial charge in [-0.2, -0.15) is 0 Å². The Hall–Kier alpha value is -2.06. The van der Waals surface area contributed by atoms with Gasteiger partial charge >= 0.3 is 0 Å². The summed E-state index contributed by atoms with van der Waals surface area (Å²) in [5.74, 6) is 0. The van der Waals surface area contributed by atoms with Gasteiger partial charge in [-0.15, -0.1) is 0 Å². The second-order valence-electron chi connectivity index (χ2n) is 6.85. The molecule has 0 N–H and O–H groups in total. The summed E-state index contributed by atoms with van der Waals surface area (Å²) in [4.78, 5) is 2.38. The molecule has 0 heterocycles. The van der Waals surface area contributed by atoms with Gasteiger partial charge in [0.05, 0.1) is 5.69 Å². The molecule has 0 bridgehead atoms. The average Bonchev–Trinajstić information content (AvgIpc) is 2.52. The van der Waals surface area contributed by atoms with Crippen molar-refractivity contribution in [1.29, 1.82) is 0 Å². The highest BCUT2D eigenvalue weighted by molar-refractivity contribution is 9.10. The van der Waals surface area contributed by atoms with Crippen molar-refractivity contribution in [3.05, 3.63) is 86.9 Å². The van der Waals surface area contributed by atoms with Gasteiger partial charge in [-0.3, -0.25) is 0 Å². The summed E-state index contributed by atoms with van der Waals surface area (Å²) >= 11 is 3.55. The highest BCUT2D eigenvalue weighted by atomic mass is 79.9. The van der Waals surface area contributed by atoms with Crippen molar-refractivity contribution in [3.8, 4) is 0 Å². The van der Waals surface area contributed by atoms with Crippen LogP contribution in [0.25, 0.3) is 0 Å². The molecule has 0 spiro atoms. The maximum Gasteiger partial charge on any atom is 0.0520 e. The van der Waals surface area contributed by atoms with Crippen LogP contribution < -0.4 is 4.90 Å². The maximum atomic E-state index is 3.55. The van der Waals surface area contributed by atoms with Crippen LogP contribution >= 0.6 is 15.9 Å². The molecular weight excluding hydrogens is 370 g/mol. The average molecular weight is 394 g/mol. The Morgan fingerprint density at radius 2 is 1.20 bits per heavy atom.